The highest BCUT2D eigenvalue weighted by Gasteiger charge is 2.47. The van der Waals surface area contributed by atoms with E-state index in [-0.39, 0.29) is 18.5 Å². The summed E-state index contributed by atoms with van der Waals surface area (Å²) in [5.41, 5.74) is -0.485. The van der Waals surface area contributed by atoms with Crippen LogP contribution in [0.5, 0.6) is 5.75 Å². The van der Waals surface area contributed by atoms with Gasteiger partial charge in [0, 0.05) is 0 Å². The number of carbonyl (C=O) groups is 2. The maximum Gasteiger partial charge on any atom is 0.573 e. The molecule has 3 N–H and O–H groups in total. The van der Waals surface area contributed by atoms with Crippen LogP contribution in [-0.4, -0.2) is 30.4 Å². The number of hydrogen-bond acceptors (Lipinski definition) is 4. The van der Waals surface area contributed by atoms with Crippen LogP contribution in [0.2, 0.25) is 0 Å². The standard InChI is InChI=1S/C17H19F4N3O3/c1-2-13-22-11(8-14(25)23-13)15(26)24-16(5-6-16)9-3-4-12(10(18)7-9)27-17(19,20)21/h3-4,7,11,13,22H,2,5-6,8H2,1H3,(H,23,25)(H,24,26). The summed E-state index contributed by atoms with van der Waals surface area (Å²) >= 11 is 0. The topological polar surface area (TPSA) is 79.5 Å². The van der Waals surface area contributed by atoms with Crippen LogP contribution in [-0.2, 0) is 15.1 Å². The Hall–Kier alpha value is -2.36. The van der Waals surface area contributed by atoms with Gasteiger partial charge in [0.15, 0.2) is 11.6 Å². The number of benzene rings is 1. The highest BCUT2D eigenvalue weighted by Crippen LogP contribution is 2.46. The molecule has 1 aromatic rings. The Balaban J connectivity index is 1.71. The molecule has 148 valence electrons. The Bertz CT molecular complexity index is 749. The summed E-state index contributed by atoms with van der Waals surface area (Å²) in [6.07, 6.45) is -3.68. The molecule has 0 aromatic heterocycles. The van der Waals surface area contributed by atoms with Crippen LogP contribution in [0.4, 0.5) is 17.6 Å². The van der Waals surface area contributed by atoms with Gasteiger partial charge in [-0.1, -0.05) is 13.0 Å². The monoisotopic (exact) mass is 389 g/mol. The van der Waals surface area contributed by atoms with Crippen molar-refractivity contribution in [1.82, 2.24) is 16.0 Å². The van der Waals surface area contributed by atoms with Crippen molar-refractivity contribution in [1.29, 1.82) is 0 Å². The third kappa shape index (κ3) is 4.49. The molecule has 2 atom stereocenters. The predicted molar refractivity (Wildman–Crippen MR) is 85.9 cm³/mol. The molecule has 2 unspecified atom stereocenters. The molecule has 1 saturated heterocycles. The number of ether oxygens (including phenoxy) is 1. The molecule has 0 spiro atoms. The third-order valence-corrected chi connectivity index (χ3v) is 4.67. The van der Waals surface area contributed by atoms with Gasteiger partial charge >= 0.3 is 6.36 Å². The van der Waals surface area contributed by atoms with Crippen molar-refractivity contribution < 1.29 is 31.9 Å². The van der Waals surface area contributed by atoms with Crippen molar-refractivity contribution in [3.8, 4) is 5.75 Å². The minimum absolute atomic E-state index is 0.0227. The van der Waals surface area contributed by atoms with Crippen LogP contribution in [0.15, 0.2) is 18.2 Å². The van der Waals surface area contributed by atoms with E-state index in [1.54, 1.807) is 0 Å². The zero-order chi connectivity index (χ0) is 19.8. The first kappa shape index (κ1) is 19.4. The Kier molecular flexibility index (Phi) is 5.02. The van der Waals surface area contributed by atoms with Crippen molar-refractivity contribution in [2.45, 2.75) is 56.7 Å². The summed E-state index contributed by atoms with van der Waals surface area (Å²) in [6, 6.07) is 2.40. The fourth-order valence-corrected chi connectivity index (χ4v) is 3.11. The number of halogens is 4. The maximum atomic E-state index is 14.0. The van der Waals surface area contributed by atoms with Gasteiger partial charge in [0.1, 0.15) is 0 Å². The van der Waals surface area contributed by atoms with Crippen LogP contribution in [0.25, 0.3) is 0 Å². The van der Waals surface area contributed by atoms with Gasteiger partial charge in [-0.05, 0) is 37.0 Å². The third-order valence-electron chi connectivity index (χ3n) is 4.67. The molecular formula is C17H19F4N3O3. The quantitative estimate of drug-likeness (QED) is 0.674. The molecule has 1 aliphatic carbocycles. The molecule has 0 radical (unpaired) electrons. The molecule has 2 aliphatic rings. The van der Waals surface area contributed by atoms with Crippen molar-refractivity contribution in [3.63, 3.8) is 0 Å². The number of hydrogen-bond donors (Lipinski definition) is 3. The van der Waals surface area contributed by atoms with Gasteiger partial charge in [-0.3, -0.25) is 14.9 Å². The van der Waals surface area contributed by atoms with Crippen LogP contribution >= 0.6 is 0 Å². The lowest BCUT2D eigenvalue weighted by Crippen LogP contribution is -2.61. The van der Waals surface area contributed by atoms with Gasteiger partial charge in [-0.25, -0.2) is 4.39 Å². The molecule has 6 nitrogen and oxygen atoms in total. The van der Waals surface area contributed by atoms with E-state index in [9.17, 15) is 27.2 Å². The summed E-state index contributed by atoms with van der Waals surface area (Å²) in [5.74, 6) is -2.74. The average molecular weight is 389 g/mol. The fourth-order valence-electron chi connectivity index (χ4n) is 3.11. The molecule has 27 heavy (non-hydrogen) atoms. The van der Waals surface area contributed by atoms with Crippen LogP contribution in [0.3, 0.4) is 0 Å². The largest absolute Gasteiger partial charge is 0.573 e. The molecule has 2 fully saturated rings. The highest BCUT2D eigenvalue weighted by atomic mass is 19.4. The summed E-state index contributed by atoms with van der Waals surface area (Å²) < 4.78 is 54.4. The minimum Gasteiger partial charge on any atom is -0.403 e. The average Bonchev–Trinajstić information content (AvgIpc) is 3.35. The first-order valence-electron chi connectivity index (χ1n) is 8.55. The van der Waals surface area contributed by atoms with Crippen molar-refractivity contribution in [2.75, 3.05) is 0 Å². The summed E-state index contributed by atoms with van der Waals surface area (Å²) in [4.78, 5) is 24.3. The van der Waals surface area contributed by atoms with E-state index in [0.29, 0.717) is 24.8 Å². The molecule has 1 aliphatic heterocycles. The van der Waals surface area contributed by atoms with Gasteiger partial charge in [0.2, 0.25) is 11.8 Å². The zero-order valence-corrected chi connectivity index (χ0v) is 14.5. The first-order chi connectivity index (χ1) is 12.6. The van der Waals surface area contributed by atoms with Crippen molar-refractivity contribution in [2.24, 2.45) is 0 Å². The van der Waals surface area contributed by atoms with E-state index in [0.717, 1.165) is 12.1 Å². The zero-order valence-electron chi connectivity index (χ0n) is 14.5. The summed E-state index contributed by atoms with van der Waals surface area (Å²) in [5, 5.41) is 8.53. The number of alkyl halides is 3. The lowest BCUT2D eigenvalue weighted by Gasteiger charge is -2.31. The Morgan fingerprint density at radius 3 is 2.63 bits per heavy atom. The molecule has 1 aromatic carbocycles. The molecular weight excluding hydrogens is 370 g/mol. The molecule has 10 heteroatoms. The highest BCUT2D eigenvalue weighted by molar-refractivity contribution is 5.90. The Morgan fingerprint density at radius 2 is 2.07 bits per heavy atom. The predicted octanol–water partition coefficient (Wildman–Crippen LogP) is 2.04. The molecule has 1 heterocycles. The van der Waals surface area contributed by atoms with Crippen LogP contribution in [0, 0.1) is 5.82 Å². The van der Waals surface area contributed by atoms with Gasteiger partial charge in [-0.15, -0.1) is 13.2 Å². The van der Waals surface area contributed by atoms with Crippen LogP contribution < -0.4 is 20.7 Å². The smallest absolute Gasteiger partial charge is 0.403 e. The van der Waals surface area contributed by atoms with Gasteiger partial charge in [0.05, 0.1) is 24.2 Å². The minimum atomic E-state index is -4.99. The van der Waals surface area contributed by atoms with Crippen molar-refractivity contribution >= 4 is 11.8 Å². The second-order valence-electron chi connectivity index (χ2n) is 6.72. The van der Waals surface area contributed by atoms with Crippen molar-refractivity contribution in [3.05, 3.63) is 29.6 Å². The van der Waals surface area contributed by atoms with Gasteiger partial charge in [-0.2, -0.15) is 0 Å². The molecule has 0 bridgehead atoms. The van der Waals surface area contributed by atoms with E-state index in [1.165, 1.54) is 6.07 Å². The van der Waals surface area contributed by atoms with E-state index >= 15 is 0 Å². The number of amides is 2. The van der Waals surface area contributed by atoms with E-state index in [2.05, 4.69) is 20.7 Å². The maximum absolute atomic E-state index is 14.0. The SMILES string of the molecule is CCC1NC(=O)CC(C(=O)NC2(c3ccc(OC(F)(F)F)c(F)c3)CC2)N1. The normalized spacial score (nSPS) is 24.1. The van der Waals surface area contributed by atoms with Gasteiger partial charge in [0.25, 0.3) is 0 Å². The van der Waals surface area contributed by atoms with E-state index < -0.39 is 35.4 Å². The van der Waals surface area contributed by atoms with E-state index in [4.69, 9.17) is 0 Å². The number of rotatable bonds is 5. The lowest BCUT2D eigenvalue weighted by molar-refractivity contribution is -0.275. The second kappa shape index (κ2) is 6.99. The number of carbonyl (C=O) groups excluding carboxylic acids is 2. The Morgan fingerprint density at radius 1 is 1.37 bits per heavy atom. The lowest BCUT2D eigenvalue weighted by atomic mass is 10.0. The van der Waals surface area contributed by atoms with Gasteiger partial charge < -0.3 is 15.4 Å². The Labute approximate surface area is 152 Å². The first-order valence-corrected chi connectivity index (χ1v) is 8.55. The summed E-state index contributed by atoms with van der Waals surface area (Å²) in [6.45, 7) is 1.86. The van der Waals surface area contributed by atoms with E-state index in [1.807, 2.05) is 6.92 Å². The molecule has 3 rings (SSSR count). The molecule has 1 saturated carbocycles. The van der Waals surface area contributed by atoms with Crippen LogP contribution in [0.1, 0.15) is 38.2 Å². The second-order valence-corrected chi connectivity index (χ2v) is 6.72. The molecule has 2 amide bonds. The summed E-state index contributed by atoms with van der Waals surface area (Å²) in [7, 11) is 0. The number of nitrogens with one attached hydrogen (secondary N) is 3. The fraction of sp³-hybridized carbons (Fsp3) is 0.529.